The van der Waals surface area contributed by atoms with E-state index >= 15 is 0 Å². The van der Waals surface area contributed by atoms with Gasteiger partial charge in [0.15, 0.2) is 5.96 Å². The number of rotatable bonds is 7. The van der Waals surface area contributed by atoms with Crippen LogP contribution in [0.2, 0.25) is 0 Å². The van der Waals surface area contributed by atoms with E-state index in [2.05, 4.69) is 54.6 Å². The maximum Gasteiger partial charge on any atom is 0.191 e. The van der Waals surface area contributed by atoms with E-state index < -0.39 is 0 Å². The number of hydrogen-bond acceptors (Lipinski definition) is 3. The molecule has 136 valence electrons. The Balaban J connectivity index is 0.00000288. The van der Waals surface area contributed by atoms with Gasteiger partial charge in [0, 0.05) is 31.2 Å². The monoisotopic (exact) mass is 447 g/mol. The van der Waals surface area contributed by atoms with Crippen molar-refractivity contribution in [3.05, 3.63) is 29.3 Å². The van der Waals surface area contributed by atoms with E-state index in [0.717, 1.165) is 50.0 Å². The molecule has 2 N–H and O–H groups in total. The van der Waals surface area contributed by atoms with Crippen molar-refractivity contribution in [1.82, 2.24) is 10.6 Å². The number of benzene rings is 1. The van der Waals surface area contributed by atoms with Gasteiger partial charge in [-0.1, -0.05) is 12.1 Å². The molecule has 0 radical (unpaired) electrons. The molecular formula is C18H30IN3O2. The molecule has 1 saturated heterocycles. The Hall–Kier alpha value is -1.02. The highest BCUT2D eigenvalue weighted by molar-refractivity contribution is 14.0. The van der Waals surface area contributed by atoms with Gasteiger partial charge in [-0.25, -0.2) is 4.99 Å². The van der Waals surface area contributed by atoms with Crippen LogP contribution in [0.15, 0.2) is 23.2 Å². The highest BCUT2D eigenvalue weighted by atomic mass is 127. The fourth-order valence-corrected chi connectivity index (χ4v) is 2.52. The average molecular weight is 447 g/mol. The maximum absolute atomic E-state index is 6.06. The Bertz CT molecular complexity index is 509. The first-order chi connectivity index (χ1) is 11.2. The molecule has 0 spiro atoms. The number of hydrogen-bond donors (Lipinski definition) is 2. The minimum atomic E-state index is 0. The predicted octanol–water partition coefficient (Wildman–Crippen LogP) is 3.10. The summed E-state index contributed by atoms with van der Waals surface area (Å²) >= 11 is 0. The Morgan fingerprint density at radius 2 is 2.04 bits per heavy atom. The second-order valence-corrected chi connectivity index (χ2v) is 5.88. The number of nitrogens with zero attached hydrogens (tertiary/aromatic N) is 1. The van der Waals surface area contributed by atoms with E-state index in [-0.39, 0.29) is 24.0 Å². The highest BCUT2D eigenvalue weighted by Crippen LogP contribution is 2.23. The zero-order chi connectivity index (χ0) is 16.5. The topological polar surface area (TPSA) is 54.9 Å². The number of aryl methyl sites for hydroxylation is 1. The lowest BCUT2D eigenvalue weighted by Crippen LogP contribution is -2.36. The van der Waals surface area contributed by atoms with Crippen molar-refractivity contribution in [2.75, 3.05) is 32.9 Å². The summed E-state index contributed by atoms with van der Waals surface area (Å²) < 4.78 is 11.5. The summed E-state index contributed by atoms with van der Waals surface area (Å²) in [5.41, 5.74) is 2.32. The summed E-state index contributed by atoms with van der Waals surface area (Å²) in [6, 6.07) is 6.31. The largest absolute Gasteiger partial charge is 0.493 e. The van der Waals surface area contributed by atoms with Crippen molar-refractivity contribution in [2.24, 2.45) is 10.9 Å². The number of nitrogens with one attached hydrogen (secondary N) is 2. The first kappa shape index (κ1) is 21.0. The van der Waals surface area contributed by atoms with Crippen molar-refractivity contribution in [1.29, 1.82) is 0 Å². The lowest BCUT2D eigenvalue weighted by molar-refractivity contribution is 0.166. The smallest absolute Gasteiger partial charge is 0.191 e. The van der Waals surface area contributed by atoms with Gasteiger partial charge in [0.25, 0.3) is 0 Å². The number of guanidine groups is 1. The molecule has 1 heterocycles. The lowest BCUT2D eigenvalue weighted by Gasteiger charge is -2.15. The molecule has 0 aromatic heterocycles. The van der Waals surface area contributed by atoms with Crippen molar-refractivity contribution >= 4 is 29.9 Å². The normalized spacial score (nSPS) is 16.2. The van der Waals surface area contributed by atoms with Crippen molar-refractivity contribution in [3.63, 3.8) is 0 Å². The Kier molecular flexibility index (Phi) is 10.1. The molecule has 1 fully saturated rings. The molecule has 0 aliphatic carbocycles. The minimum absolute atomic E-state index is 0. The molecule has 1 aliphatic heterocycles. The quantitative estimate of drug-likeness (QED) is 0.383. The number of aliphatic imine (C=N–C) groups is 1. The van der Waals surface area contributed by atoms with Crippen LogP contribution in [0.1, 0.15) is 31.4 Å². The fraction of sp³-hybridized carbons (Fsp3) is 0.611. The van der Waals surface area contributed by atoms with E-state index in [1.165, 1.54) is 5.56 Å². The second-order valence-electron chi connectivity index (χ2n) is 5.88. The van der Waals surface area contributed by atoms with Crippen LogP contribution >= 0.6 is 24.0 Å². The molecule has 24 heavy (non-hydrogen) atoms. The van der Waals surface area contributed by atoms with Crippen molar-refractivity contribution in [3.8, 4) is 5.75 Å². The summed E-state index contributed by atoms with van der Waals surface area (Å²) in [4.78, 5) is 4.63. The molecule has 1 aromatic carbocycles. The SMILES string of the molecule is CCNC(=NCc1ccc(C)cc1OCC1CCOC1)NCC.I. The van der Waals surface area contributed by atoms with Gasteiger partial charge in [-0.2, -0.15) is 0 Å². The van der Waals surface area contributed by atoms with E-state index in [9.17, 15) is 0 Å². The third-order valence-corrected chi connectivity index (χ3v) is 3.82. The molecule has 1 atom stereocenters. The van der Waals surface area contributed by atoms with E-state index in [4.69, 9.17) is 9.47 Å². The standard InChI is InChI=1S/C18H29N3O2.HI/c1-4-19-18(20-5-2)21-11-16-7-6-14(3)10-17(16)23-13-15-8-9-22-12-15;/h6-7,10,15H,4-5,8-9,11-13H2,1-3H3,(H2,19,20,21);1H. The van der Waals surface area contributed by atoms with Gasteiger partial charge in [-0.15, -0.1) is 24.0 Å². The van der Waals surface area contributed by atoms with Crippen LogP contribution in [0.3, 0.4) is 0 Å². The summed E-state index contributed by atoms with van der Waals surface area (Å²) in [6.07, 6.45) is 1.09. The number of ether oxygens (including phenoxy) is 2. The predicted molar refractivity (Wildman–Crippen MR) is 110 cm³/mol. The minimum Gasteiger partial charge on any atom is -0.493 e. The van der Waals surface area contributed by atoms with Gasteiger partial charge in [0.05, 0.1) is 19.8 Å². The molecule has 1 aliphatic rings. The van der Waals surface area contributed by atoms with Crippen LogP contribution in [-0.4, -0.2) is 38.9 Å². The first-order valence-corrected chi connectivity index (χ1v) is 8.55. The Morgan fingerprint density at radius 3 is 2.67 bits per heavy atom. The van der Waals surface area contributed by atoms with Crippen LogP contribution in [-0.2, 0) is 11.3 Å². The Labute approximate surface area is 162 Å². The molecule has 2 rings (SSSR count). The van der Waals surface area contributed by atoms with Crippen LogP contribution in [0, 0.1) is 12.8 Å². The van der Waals surface area contributed by atoms with Crippen LogP contribution in [0.25, 0.3) is 0 Å². The van der Waals surface area contributed by atoms with Crippen LogP contribution in [0.5, 0.6) is 5.75 Å². The van der Waals surface area contributed by atoms with Gasteiger partial charge in [-0.05, 0) is 38.8 Å². The van der Waals surface area contributed by atoms with E-state index in [0.29, 0.717) is 19.1 Å². The van der Waals surface area contributed by atoms with Gasteiger partial charge >= 0.3 is 0 Å². The molecule has 0 bridgehead atoms. The molecule has 0 saturated carbocycles. The summed E-state index contributed by atoms with van der Waals surface area (Å²) in [5.74, 6) is 2.28. The highest BCUT2D eigenvalue weighted by Gasteiger charge is 2.17. The molecule has 5 nitrogen and oxygen atoms in total. The average Bonchev–Trinajstić information content (AvgIpc) is 3.05. The van der Waals surface area contributed by atoms with Gasteiger partial charge < -0.3 is 20.1 Å². The summed E-state index contributed by atoms with van der Waals surface area (Å²) in [6.45, 7) is 10.9. The third-order valence-electron chi connectivity index (χ3n) is 3.82. The lowest BCUT2D eigenvalue weighted by atomic mass is 10.1. The molecule has 1 aromatic rings. The van der Waals surface area contributed by atoms with Gasteiger partial charge in [-0.3, -0.25) is 0 Å². The second kappa shape index (κ2) is 11.5. The third kappa shape index (κ3) is 6.84. The van der Waals surface area contributed by atoms with E-state index in [1.54, 1.807) is 0 Å². The maximum atomic E-state index is 6.06. The summed E-state index contributed by atoms with van der Waals surface area (Å²) in [5, 5.41) is 6.49. The van der Waals surface area contributed by atoms with E-state index in [1.807, 2.05) is 0 Å². The van der Waals surface area contributed by atoms with Crippen LogP contribution < -0.4 is 15.4 Å². The summed E-state index contributed by atoms with van der Waals surface area (Å²) in [7, 11) is 0. The molecule has 1 unspecified atom stereocenters. The zero-order valence-electron chi connectivity index (χ0n) is 14.9. The molecule has 6 heteroatoms. The number of halogens is 1. The zero-order valence-corrected chi connectivity index (χ0v) is 17.3. The van der Waals surface area contributed by atoms with Gasteiger partial charge in [0.1, 0.15) is 5.75 Å². The fourth-order valence-electron chi connectivity index (χ4n) is 2.52. The molecule has 0 amide bonds. The molecular weight excluding hydrogens is 417 g/mol. The van der Waals surface area contributed by atoms with Gasteiger partial charge in [0.2, 0.25) is 0 Å². The Morgan fingerprint density at radius 1 is 1.29 bits per heavy atom. The van der Waals surface area contributed by atoms with Crippen LogP contribution in [0.4, 0.5) is 0 Å². The first-order valence-electron chi connectivity index (χ1n) is 8.55. The van der Waals surface area contributed by atoms with Crippen molar-refractivity contribution in [2.45, 2.75) is 33.7 Å². The van der Waals surface area contributed by atoms with Crippen molar-refractivity contribution < 1.29 is 9.47 Å².